The van der Waals surface area contributed by atoms with Crippen LogP contribution >= 0.6 is 15.9 Å². The van der Waals surface area contributed by atoms with Crippen LogP contribution in [0.5, 0.6) is 0 Å². The Morgan fingerprint density at radius 2 is 2.05 bits per heavy atom. The highest BCUT2D eigenvalue weighted by molar-refractivity contribution is 9.10. The van der Waals surface area contributed by atoms with E-state index in [-0.39, 0.29) is 6.10 Å². The van der Waals surface area contributed by atoms with Crippen LogP contribution in [0.3, 0.4) is 0 Å². The zero-order chi connectivity index (χ0) is 14.4. The van der Waals surface area contributed by atoms with Crippen LogP contribution in [-0.2, 0) is 4.74 Å². The quantitative estimate of drug-likeness (QED) is 0.741. The van der Waals surface area contributed by atoms with E-state index in [0.717, 1.165) is 23.5 Å². The first-order chi connectivity index (χ1) is 9.66. The average Bonchev–Trinajstić information content (AvgIpc) is 2.36. The first-order valence-electron chi connectivity index (χ1n) is 7.76. The highest BCUT2D eigenvalue weighted by Crippen LogP contribution is 2.31. The number of benzene rings is 1. The first-order valence-corrected chi connectivity index (χ1v) is 8.55. The molecule has 1 aromatic rings. The molecule has 0 radical (unpaired) electrons. The summed E-state index contributed by atoms with van der Waals surface area (Å²) in [5.41, 5.74) is 1.24. The minimum Gasteiger partial charge on any atom is -0.372 e. The maximum atomic E-state index is 6.17. The number of halogens is 1. The Bertz CT molecular complexity index is 404. The summed E-state index contributed by atoms with van der Waals surface area (Å²) >= 11 is 3.64. The summed E-state index contributed by atoms with van der Waals surface area (Å²) in [6.07, 6.45) is 5.55. The number of rotatable bonds is 8. The minimum absolute atomic E-state index is 0.132. The highest BCUT2D eigenvalue weighted by atomic mass is 79.9. The van der Waals surface area contributed by atoms with Crippen molar-refractivity contribution in [1.82, 2.24) is 5.32 Å². The van der Waals surface area contributed by atoms with Gasteiger partial charge in [-0.3, -0.25) is 0 Å². The molecule has 0 amide bonds. The van der Waals surface area contributed by atoms with Crippen molar-refractivity contribution in [2.45, 2.75) is 51.7 Å². The number of hydrogen-bond acceptors (Lipinski definition) is 2. The lowest BCUT2D eigenvalue weighted by Crippen LogP contribution is -2.29. The molecule has 1 N–H and O–H groups in total. The van der Waals surface area contributed by atoms with Gasteiger partial charge in [0.25, 0.3) is 0 Å². The predicted octanol–water partition coefficient (Wildman–Crippen LogP) is 4.70. The molecule has 0 heterocycles. The third-order valence-electron chi connectivity index (χ3n) is 4.03. The van der Waals surface area contributed by atoms with Crippen molar-refractivity contribution >= 4 is 15.9 Å². The van der Waals surface area contributed by atoms with E-state index in [1.807, 2.05) is 0 Å². The Hall–Kier alpha value is -0.380. The van der Waals surface area contributed by atoms with Crippen LogP contribution in [0.15, 0.2) is 28.7 Å². The van der Waals surface area contributed by atoms with Gasteiger partial charge >= 0.3 is 0 Å². The van der Waals surface area contributed by atoms with Gasteiger partial charge in [-0.1, -0.05) is 67.2 Å². The standard InChI is InChI=1S/C17H26BrNO/c1-13(2)19-12-17(15-8-3-4-9-16(15)18)20-11-10-14-6-5-7-14/h3-4,8-9,13-14,17,19H,5-7,10-12H2,1-2H3. The lowest BCUT2D eigenvalue weighted by atomic mass is 9.83. The van der Waals surface area contributed by atoms with E-state index in [0.29, 0.717) is 6.04 Å². The molecular weight excluding hydrogens is 314 g/mol. The normalized spacial score (nSPS) is 17.2. The van der Waals surface area contributed by atoms with Gasteiger partial charge < -0.3 is 10.1 Å². The van der Waals surface area contributed by atoms with Crippen molar-refractivity contribution in [3.05, 3.63) is 34.3 Å². The van der Waals surface area contributed by atoms with Gasteiger partial charge in [-0.25, -0.2) is 0 Å². The van der Waals surface area contributed by atoms with Crippen molar-refractivity contribution in [1.29, 1.82) is 0 Å². The zero-order valence-corrected chi connectivity index (χ0v) is 14.2. The van der Waals surface area contributed by atoms with Crippen LogP contribution in [0.2, 0.25) is 0 Å². The molecule has 2 rings (SSSR count). The lowest BCUT2D eigenvalue weighted by molar-refractivity contribution is 0.0357. The summed E-state index contributed by atoms with van der Waals surface area (Å²) in [5, 5.41) is 3.49. The van der Waals surface area contributed by atoms with Gasteiger partial charge in [0.05, 0.1) is 6.10 Å². The molecule has 0 bridgehead atoms. The molecule has 1 unspecified atom stereocenters. The molecule has 1 atom stereocenters. The van der Waals surface area contributed by atoms with Crippen molar-refractivity contribution in [2.24, 2.45) is 5.92 Å². The van der Waals surface area contributed by atoms with Gasteiger partial charge in [-0.2, -0.15) is 0 Å². The summed E-state index contributed by atoms with van der Waals surface area (Å²) in [7, 11) is 0. The van der Waals surface area contributed by atoms with E-state index >= 15 is 0 Å². The van der Waals surface area contributed by atoms with E-state index < -0.39 is 0 Å². The third-order valence-corrected chi connectivity index (χ3v) is 4.76. The second kappa shape index (κ2) is 8.16. The molecule has 1 saturated carbocycles. The van der Waals surface area contributed by atoms with E-state index in [9.17, 15) is 0 Å². The molecule has 3 heteroatoms. The second-order valence-corrected chi connectivity index (χ2v) is 6.88. The molecule has 1 aromatic carbocycles. The summed E-state index contributed by atoms with van der Waals surface area (Å²) in [6.45, 7) is 6.08. The maximum absolute atomic E-state index is 6.17. The molecule has 2 nitrogen and oxygen atoms in total. The van der Waals surface area contributed by atoms with Gasteiger partial charge in [0.2, 0.25) is 0 Å². The summed E-state index contributed by atoms with van der Waals surface area (Å²) in [5.74, 6) is 0.910. The Balaban J connectivity index is 1.90. The Morgan fingerprint density at radius 1 is 1.30 bits per heavy atom. The molecule has 0 saturated heterocycles. The van der Waals surface area contributed by atoms with Gasteiger partial charge in [0.15, 0.2) is 0 Å². The highest BCUT2D eigenvalue weighted by Gasteiger charge is 2.19. The zero-order valence-electron chi connectivity index (χ0n) is 12.6. The van der Waals surface area contributed by atoms with Crippen LogP contribution < -0.4 is 5.32 Å². The van der Waals surface area contributed by atoms with E-state index in [1.54, 1.807) is 0 Å². The molecular formula is C17H26BrNO. The topological polar surface area (TPSA) is 21.3 Å². The number of nitrogens with one attached hydrogen (secondary N) is 1. The molecule has 1 aliphatic rings. The largest absolute Gasteiger partial charge is 0.372 e. The van der Waals surface area contributed by atoms with Crippen molar-refractivity contribution in [3.8, 4) is 0 Å². The minimum atomic E-state index is 0.132. The van der Waals surface area contributed by atoms with Crippen molar-refractivity contribution < 1.29 is 4.74 Å². The Labute approximate surface area is 131 Å². The molecule has 0 aromatic heterocycles. The van der Waals surface area contributed by atoms with Gasteiger partial charge in [0, 0.05) is 23.7 Å². The second-order valence-electron chi connectivity index (χ2n) is 6.03. The van der Waals surface area contributed by atoms with Crippen LogP contribution in [0.4, 0.5) is 0 Å². The van der Waals surface area contributed by atoms with Gasteiger partial charge in [-0.05, 0) is 24.0 Å². The maximum Gasteiger partial charge on any atom is 0.0960 e. The van der Waals surface area contributed by atoms with Crippen molar-refractivity contribution in [3.63, 3.8) is 0 Å². The van der Waals surface area contributed by atoms with Crippen LogP contribution in [0.1, 0.15) is 51.2 Å². The Kier molecular flexibility index (Phi) is 6.53. The summed E-state index contributed by atoms with van der Waals surface area (Å²) in [6, 6.07) is 8.86. The van der Waals surface area contributed by atoms with E-state index in [1.165, 1.54) is 31.2 Å². The van der Waals surface area contributed by atoms with Crippen molar-refractivity contribution in [2.75, 3.05) is 13.2 Å². The van der Waals surface area contributed by atoms with Crippen LogP contribution in [0.25, 0.3) is 0 Å². The summed E-state index contributed by atoms with van der Waals surface area (Å²) < 4.78 is 7.31. The lowest BCUT2D eigenvalue weighted by Gasteiger charge is -2.27. The van der Waals surface area contributed by atoms with Gasteiger partial charge in [-0.15, -0.1) is 0 Å². The number of ether oxygens (including phenoxy) is 1. The van der Waals surface area contributed by atoms with Gasteiger partial charge in [0.1, 0.15) is 0 Å². The molecule has 0 aliphatic heterocycles. The fourth-order valence-corrected chi connectivity index (χ4v) is 3.04. The average molecular weight is 340 g/mol. The molecule has 112 valence electrons. The van der Waals surface area contributed by atoms with Crippen LogP contribution in [-0.4, -0.2) is 19.2 Å². The fraction of sp³-hybridized carbons (Fsp3) is 0.647. The van der Waals surface area contributed by atoms with E-state index in [4.69, 9.17) is 4.74 Å². The molecule has 0 spiro atoms. The predicted molar refractivity (Wildman–Crippen MR) is 87.9 cm³/mol. The molecule has 1 aliphatic carbocycles. The fourth-order valence-electron chi connectivity index (χ4n) is 2.50. The van der Waals surface area contributed by atoms with Crippen LogP contribution in [0, 0.1) is 5.92 Å². The molecule has 1 fully saturated rings. The first kappa shape index (κ1) is 16.0. The molecule has 20 heavy (non-hydrogen) atoms. The monoisotopic (exact) mass is 339 g/mol. The SMILES string of the molecule is CC(C)NCC(OCCC1CCC1)c1ccccc1Br. The third kappa shape index (κ3) is 4.87. The van der Waals surface area contributed by atoms with E-state index in [2.05, 4.69) is 59.4 Å². The number of hydrogen-bond donors (Lipinski definition) is 1. The Morgan fingerprint density at radius 3 is 2.65 bits per heavy atom. The summed E-state index contributed by atoms with van der Waals surface area (Å²) in [4.78, 5) is 0. The smallest absolute Gasteiger partial charge is 0.0960 e.